The maximum Gasteiger partial charge on any atom is 0.324 e. The first-order chi connectivity index (χ1) is 5.74. The Morgan fingerprint density at radius 3 is 2.83 bits per heavy atom. The van der Waals surface area contributed by atoms with Gasteiger partial charge in [0.2, 0.25) is 0 Å². The third-order valence-electron chi connectivity index (χ3n) is 3.08. The molecule has 1 saturated carbocycles. The molecule has 2 N–H and O–H groups in total. The SMILES string of the molecule is COC(=O)[C@@H]1C2CCC(C2)N1N. The highest BCUT2D eigenvalue weighted by molar-refractivity contribution is 5.76. The van der Waals surface area contributed by atoms with Crippen LogP contribution in [0.1, 0.15) is 19.3 Å². The number of nitrogens with zero attached hydrogens (tertiary/aromatic N) is 1. The van der Waals surface area contributed by atoms with Crippen LogP contribution in [0.15, 0.2) is 0 Å². The predicted molar refractivity (Wildman–Crippen MR) is 43.0 cm³/mol. The van der Waals surface area contributed by atoms with Crippen LogP contribution in [0.3, 0.4) is 0 Å². The van der Waals surface area contributed by atoms with E-state index in [0.29, 0.717) is 12.0 Å². The quantitative estimate of drug-likeness (QED) is 0.440. The largest absolute Gasteiger partial charge is 0.468 e. The summed E-state index contributed by atoms with van der Waals surface area (Å²) in [7, 11) is 1.42. The molecule has 0 aromatic rings. The summed E-state index contributed by atoms with van der Waals surface area (Å²) in [6.07, 6.45) is 3.32. The monoisotopic (exact) mass is 170 g/mol. The molecule has 0 amide bonds. The van der Waals surface area contributed by atoms with Crippen LogP contribution in [-0.4, -0.2) is 30.2 Å². The Hall–Kier alpha value is -0.610. The number of ether oxygens (including phenoxy) is 1. The first-order valence-corrected chi connectivity index (χ1v) is 4.35. The fraction of sp³-hybridized carbons (Fsp3) is 0.875. The minimum absolute atomic E-state index is 0.172. The van der Waals surface area contributed by atoms with Crippen molar-refractivity contribution in [1.82, 2.24) is 5.01 Å². The van der Waals surface area contributed by atoms with E-state index < -0.39 is 0 Å². The van der Waals surface area contributed by atoms with Crippen molar-refractivity contribution in [1.29, 1.82) is 0 Å². The Morgan fingerprint density at radius 1 is 1.58 bits per heavy atom. The number of carbonyl (C=O) groups is 1. The average molecular weight is 170 g/mol. The van der Waals surface area contributed by atoms with Gasteiger partial charge < -0.3 is 4.74 Å². The maximum absolute atomic E-state index is 11.3. The lowest BCUT2D eigenvalue weighted by Crippen LogP contribution is -2.50. The molecule has 1 aliphatic carbocycles. The molecule has 0 aromatic carbocycles. The van der Waals surface area contributed by atoms with Crippen LogP contribution in [-0.2, 0) is 9.53 Å². The molecule has 2 fully saturated rings. The zero-order valence-electron chi connectivity index (χ0n) is 7.19. The van der Waals surface area contributed by atoms with E-state index in [4.69, 9.17) is 10.6 Å². The van der Waals surface area contributed by atoms with Gasteiger partial charge in [0.25, 0.3) is 0 Å². The van der Waals surface area contributed by atoms with Crippen molar-refractivity contribution in [3.05, 3.63) is 0 Å². The van der Waals surface area contributed by atoms with Crippen LogP contribution in [0.25, 0.3) is 0 Å². The van der Waals surface area contributed by atoms with Gasteiger partial charge in [0, 0.05) is 6.04 Å². The lowest BCUT2D eigenvalue weighted by molar-refractivity contribution is -0.148. The summed E-state index contributed by atoms with van der Waals surface area (Å²) in [5.74, 6) is 6.03. The normalized spacial score (nSPS) is 40.3. The molecular formula is C8H14N2O2. The van der Waals surface area contributed by atoms with Gasteiger partial charge in [-0.2, -0.15) is 0 Å². The van der Waals surface area contributed by atoms with Crippen molar-refractivity contribution in [2.24, 2.45) is 11.8 Å². The Kier molecular flexibility index (Phi) is 1.81. The smallest absolute Gasteiger partial charge is 0.324 e. The van der Waals surface area contributed by atoms with Crippen LogP contribution >= 0.6 is 0 Å². The van der Waals surface area contributed by atoms with E-state index in [2.05, 4.69) is 0 Å². The minimum atomic E-state index is -0.176. The molecule has 1 saturated heterocycles. The van der Waals surface area contributed by atoms with E-state index in [1.165, 1.54) is 7.11 Å². The Bertz CT molecular complexity index is 205. The Morgan fingerprint density at radius 2 is 2.33 bits per heavy atom. The van der Waals surface area contributed by atoms with E-state index in [0.717, 1.165) is 19.3 Å². The number of hydrogen-bond donors (Lipinski definition) is 1. The molecular weight excluding hydrogens is 156 g/mol. The van der Waals surface area contributed by atoms with Crippen LogP contribution in [0, 0.1) is 5.92 Å². The van der Waals surface area contributed by atoms with Gasteiger partial charge in [-0.1, -0.05) is 0 Å². The van der Waals surface area contributed by atoms with Crippen molar-refractivity contribution in [2.45, 2.75) is 31.3 Å². The summed E-state index contributed by atoms with van der Waals surface area (Å²) in [4.78, 5) is 11.3. The number of esters is 1. The first kappa shape index (κ1) is 8.01. The van der Waals surface area contributed by atoms with Crippen LogP contribution in [0.5, 0.6) is 0 Å². The number of nitrogens with two attached hydrogens (primary N) is 1. The van der Waals surface area contributed by atoms with Gasteiger partial charge in [-0.25, -0.2) is 5.01 Å². The lowest BCUT2D eigenvalue weighted by atomic mass is 10.00. The Labute approximate surface area is 71.6 Å². The topological polar surface area (TPSA) is 55.6 Å². The van der Waals surface area contributed by atoms with E-state index in [-0.39, 0.29) is 12.0 Å². The number of piperidine rings is 1. The standard InChI is InChI=1S/C8H14N2O2/c1-12-8(11)7-5-2-3-6(4-5)10(7)9/h5-7H,2-4,9H2,1H3/t5?,6?,7-/m0/s1. The van der Waals surface area contributed by atoms with E-state index >= 15 is 0 Å². The third-order valence-corrected chi connectivity index (χ3v) is 3.08. The van der Waals surface area contributed by atoms with E-state index in [1.54, 1.807) is 5.01 Å². The van der Waals surface area contributed by atoms with Gasteiger partial charge in [0.05, 0.1) is 7.11 Å². The molecule has 1 aliphatic heterocycles. The van der Waals surface area contributed by atoms with Gasteiger partial charge in [-0.3, -0.25) is 10.6 Å². The highest BCUT2D eigenvalue weighted by atomic mass is 16.5. The molecule has 2 aliphatic rings. The maximum atomic E-state index is 11.3. The van der Waals surface area contributed by atoms with Crippen LogP contribution in [0.4, 0.5) is 0 Å². The second kappa shape index (κ2) is 2.71. The Balaban J connectivity index is 2.12. The first-order valence-electron chi connectivity index (χ1n) is 4.35. The summed E-state index contributed by atoms with van der Waals surface area (Å²) in [6, 6.07) is 0.243. The van der Waals surface area contributed by atoms with Crippen molar-refractivity contribution < 1.29 is 9.53 Å². The molecule has 0 radical (unpaired) electrons. The van der Waals surface area contributed by atoms with Crippen molar-refractivity contribution in [3.63, 3.8) is 0 Å². The summed E-state index contributed by atoms with van der Waals surface area (Å²) >= 11 is 0. The highest BCUT2D eigenvalue weighted by Crippen LogP contribution is 2.40. The van der Waals surface area contributed by atoms with Gasteiger partial charge in [-0.15, -0.1) is 0 Å². The average Bonchev–Trinajstić information content (AvgIpc) is 2.63. The summed E-state index contributed by atoms with van der Waals surface area (Å²) in [5, 5.41) is 1.68. The molecule has 0 aromatic heterocycles. The number of rotatable bonds is 1. The third kappa shape index (κ3) is 0.949. The molecule has 68 valence electrons. The van der Waals surface area contributed by atoms with Gasteiger partial charge in [0.1, 0.15) is 6.04 Å². The second-order valence-corrected chi connectivity index (χ2v) is 3.64. The minimum Gasteiger partial charge on any atom is -0.468 e. The molecule has 1 heterocycles. The molecule has 2 rings (SSSR count). The fourth-order valence-corrected chi connectivity index (χ4v) is 2.45. The number of hydrogen-bond acceptors (Lipinski definition) is 4. The molecule has 0 spiro atoms. The number of hydrazine groups is 1. The van der Waals surface area contributed by atoms with Crippen LogP contribution in [0.2, 0.25) is 0 Å². The molecule has 2 unspecified atom stereocenters. The highest BCUT2D eigenvalue weighted by Gasteiger charge is 2.48. The van der Waals surface area contributed by atoms with Crippen molar-refractivity contribution in [2.75, 3.05) is 7.11 Å². The van der Waals surface area contributed by atoms with E-state index in [1.807, 2.05) is 0 Å². The molecule has 4 heteroatoms. The summed E-state index contributed by atoms with van der Waals surface area (Å²) in [5.41, 5.74) is 0. The van der Waals surface area contributed by atoms with Crippen molar-refractivity contribution in [3.8, 4) is 0 Å². The molecule has 12 heavy (non-hydrogen) atoms. The van der Waals surface area contributed by atoms with Gasteiger partial charge >= 0.3 is 5.97 Å². The summed E-state index contributed by atoms with van der Waals surface area (Å²) < 4.78 is 4.70. The fourth-order valence-electron chi connectivity index (χ4n) is 2.45. The van der Waals surface area contributed by atoms with Crippen LogP contribution < -0.4 is 5.84 Å². The lowest BCUT2D eigenvalue weighted by Gasteiger charge is -2.28. The van der Waals surface area contributed by atoms with E-state index in [9.17, 15) is 4.79 Å². The van der Waals surface area contributed by atoms with Gasteiger partial charge in [0.15, 0.2) is 0 Å². The number of methoxy groups -OCH3 is 1. The molecule has 3 atom stereocenters. The second-order valence-electron chi connectivity index (χ2n) is 3.64. The molecule has 2 bridgehead atoms. The van der Waals surface area contributed by atoms with Gasteiger partial charge in [-0.05, 0) is 25.2 Å². The zero-order valence-corrected chi connectivity index (χ0v) is 7.19. The number of fused-ring (bicyclic) bond motifs is 2. The molecule has 4 nitrogen and oxygen atoms in total. The zero-order chi connectivity index (χ0) is 8.72. The predicted octanol–water partition coefficient (Wildman–Crippen LogP) is -0.114. The number of carbonyl (C=O) groups excluding carboxylic acids is 1. The summed E-state index contributed by atoms with van der Waals surface area (Å²) in [6.45, 7) is 0. The van der Waals surface area contributed by atoms with Crippen molar-refractivity contribution >= 4 is 5.97 Å².